The zero-order valence-electron chi connectivity index (χ0n) is 20.0. The topological polar surface area (TPSA) is 116 Å². The van der Waals surface area contributed by atoms with Crippen LogP contribution in [0.15, 0.2) is 34.8 Å². The van der Waals surface area contributed by atoms with Crippen molar-refractivity contribution < 1.29 is 19.5 Å². The van der Waals surface area contributed by atoms with Crippen molar-refractivity contribution in [1.82, 2.24) is 19.8 Å². The monoisotopic (exact) mass is 507 g/mol. The van der Waals surface area contributed by atoms with Crippen LogP contribution >= 0.6 is 11.3 Å². The van der Waals surface area contributed by atoms with Crippen molar-refractivity contribution in [2.45, 2.75) is 32.1 Å². The van der Waals surface area contributed by atoms with Crippen molar-refractivity contribution in [3.63, 3.8) is 0 Å². The standard InChI is InChI=1S/C26H29N5O4S/c32-15-23(34)31-9-5-26(6-10-31)13-20-11-19(14-27-24(20)29-25(26)35)1-2-22(33)30-7-3-18(4-8-30)12-21-16-36-17-28-21/h1-2,11-12,14,16-17,32H,3-10,13,15H2,(H,27,29,35)/b2-1+. The number of pyridine rings is 1. The first kappa shape index (κ1) is 24.3. The molecule has 0 unspecified atom stereocenters. The van der Waals surface area contributed by atoms with Crippen molar-refractivity contribution in [1.29, 1.82) is 0 Å². The molecule has 36 heavy (non-hydrogen) atoms. The van der Waals surface area contributed by atoms with Crippen LogP contribution in [0, 0.1) is 5.41 Å². The Balaban J connectivity index is 1.21. The second-order valence-electron chi connectivity index (χ2n) is 9.60. The van der Waals surface area contributed by atoms with Crippen molar-refractivity contribution >= 4 is 47.0 Å². The number of likely N-dealkylation sites (tertiary alicyclic amines) is 2. The van der Waals surface area contributed by atoms with Crippen molar-refractivity contribution in [3.05, 3.63) is 51.6 Å². The predicted molar refractivity (Wildman–Crippen MR) is 137 cm³/mol. The molecule has 0 aromatic carbocycles. The molecule has 0 atom stereocenters. The molecule has 5 rings (SSSR count). The number of aliphatic hydroxyl groups is 1. The van der Waals surface area contributed by atoms with Gasteiger partial charge < -0.3 is 20.2 Å². The average Bonchev–Trinajstić information content (AvgIpc) is 3.41. The van der Waals surface area contributed by atoms with Gasteiger partial charge in [0.25, 0.3) is 0 Å². The first-order valence-electron chi connectivity index (χ1n) is 12.2. The number of carbonyl (C=O) groups excluding carboxylic acids is 3. The van der Waals surface area contributed by atoms with Gasteiger partial charge in [-0.25, -0.2) is 9.97 Å². The number of nitrogens with one attached hydrogen (secondary N) is 1. The third-order valence-corrected chi connectivity index (χ3v) is 7.98. The first-order valence-corrected chi connectivity index (χ1v) is 13.1. The minimum Gasteiger partial charge on any atom is -0.387 e. The molecule has 3 aliphatic heterocycles. The Morgan fingerprint density at radius 3 is 2.61 bits per heavy atom. The third-order valence-electron chi connectivity index (χ3n) is 7.38. The summed E-state index contributed by atoms with van der Waals surface area (Å²) >= 11 is 1.58. The van der Waals surface area contributed by atoms with E-state index in [-0.39, 0.29) is 17.7 Å². The molecule has 1 spiro atoms. The van der Waals surface area contributed by atoms with Gasteiger partial charge in [-0.15, -0.1) is 11.3 Å². The summed E-state index contributed by atoms with van der Waals surface area (Å²) in [6.45, 7) is 1.75. The molecule has 2 saturated heterocycles. The van der Waals surface area contributed by atoms with Crippen LogP contribution in [0.1, 0.15) is 42.5 Å². The molecule has 0 radical (unpaired) electrons. The lowest BCUT2D eigenvalue weighted by Gasteiger charge is -2.42. The highest BCUT2D eigenvalue weighted by Gasteiger charge is 2.45. The van der Waals surface area contributed by atoms with E-state index in [1.807, 2.05) is 21.9 Å². The summed E-state index contributed by atoms with van der Waals surface area (Å²) in [5.74, 6) is 0.163. The van der Waals surface area contributed by atoms with Gasteiger partial charge >= 0.3 is 0 Å². The Hall–Kier alpha value is -3.37. The zero-order chi connectivity index (χ0) is 25.1. The van der Waals surface area contributed by atoms with E-state index in [1.165, 1.54) is 5.57 Å². The summed E-state index contributed by atoms with van der Waals surface area (Å²) in [5, 5.41) is 14.1. The quantitative estimate of drug-likeness (QED) is 0.614. The van der Waals surface area contributed by atoms with Crippen LogP contribution in [0.5, 0.6) is 0 Å². The fourth-order valence-corrected chi connectivity index (χ4v) is 5.69. The summed E-state index contributed by atoms with van der Waals surface area (Å²) in [6, 6.07) is 1.98. The predicted octanol–water partition coefficient (Wildman–Crippen LogP) is 2.35. The van der Waals surface area contributed by atoms with Gasteiger partial charge in [0.2, 0.25) is 17.7 Å². The number of fused-ring (bicyclic) bond motifs is 1. The van der Waals surface area contributed by atoms with Crippen LogP contribution in [0.2, 0.25) is 0 Å². The highest BCUT2D eigenvalue weighted by atomic mass is 32.1. The Morgan fingerprint density at radius 2 is 1.92 bits per heavy atom. The summed E-state index contributed by atoms with van der Waals surface area (Å²) in [5.41, 5.74) is 5.27. The molecule has 0 aliphatic carbocycles. The molecule has 3 aliphatic rings. The molecular weight excluding hydrogens is 478 g/mol. The highest BCUT2D eigenvalue weighted by molar-refractivity contribution is 7.07. The Kier molecular flexibility index (Phi) is 6.97. The minimum absolute atomic E-state index is 0.0221. The van der Waals surface area contributed by atoms with E-state index in [0.29, 0.717) is 51.3 Å². The Morgan fingerprint density at radius 1 is 1.14 bits per heavy atom. The van der Waals surface area contributed by atoms with E-state index in [2.05, 4.69) is 21.4 Å². The van der Waals surface area contributed by atoms with Gasteiger partial charge in [0.05, 0.1) is 16.6 Å². The average molecular weight is 508 g/mol. The maximum atomic E-state index is 12.9. The van der Waals surface area contributed by atoms with Crippen LogP contribution in [0.4, 0.5) is 5.82 Å². The maximum absolute atomic E-state index is 12.9. The van der Waals surface area contributed by atoms with Gasteiger partial charge in [-0.2, -0.15) is 0 Å². The third kappa shape index (κ3) is 5.10. The molecule has 2 aromatic heterocycles. The number of aliphatic hydroxyl groups excluding tert-OH is 1. The van der Waals surface area contributed by atoms with Crippen molar-refractivity contribution in [2.24, 2.45) is 5.41 Å². The minimum atomic E-state index is -0.587. The maximum Gasteiger partial charge on any atom is 0.248 e. The Labute approximate surface area is 213 Å². The summed E-state index contributed by atoms with van der Waals surface area (Å²) in [4.78, 5) is 49.6. The Bertz CT molecular complexity index is 1200. The number of thiazole rings is 1. The fourth-order valence-electron chi connectivity index (χ4n) is 5.17. The molecule has 2 fully saturated rings. The summed E-state index contributed by atoms with van der Waals surface area (Å²) in [7, 11) is 0. The van der Waals surface area contributed by atoms with E-state index in [0.717, 1.165) is 29.7 Å². The zero-order valence-corrected chi connectivity index (χ0v) is 20.8. The van der Waals surface area contributed by atoms with E-state index >= 15 is 0 Å². The van der Waals surface area contributed by atoms with Gasteiger partial charge in [-0.1, -0.05) is 5.57 Å². The van der Waals surface area contributed by atoms with Gasteiger partial charge in [0.1, 0.15) is 12.4 Å². The molecule has 2 aromatic rings. The van der Waals surface area contributed by atoms with Gasteiger partial charge in [-0.3, -0.25) is 14.4 Å². The van der Waals surface area contributed by atoms with E-state index < -0.39 is 12.0 Å². The number of rotatable bonds is 4. The lowest BCUT2D eigenvalue weighted by atomic mass is 9.71. The van der Waals surface area contributed by atoms with Crippen LogP contribution in [0.25, 0.3) is 12.2 Å². The second kappa shape index (κ2) is 10.3. The van der Waals surface area contributed by atoms with Gasteiger partial charge in [0.15, 0.2) is 0 Å². The fraction of sp³-hybridized carbons (Fsp3) is 0.423. The first-order chi connectivity index (χ1) is 17.5. The lowest BCUT2D eigenvalue weighted by molar-refractivity contribution is -0.140. The number of hydrogen-bond acceptors (Lipinski definition) is 7. The molecule has 5 heterocycles. The van der Waals surface area contributed by atoms with E-state index in [1.54, 1.807) is 34.6 Å². The van der Waals surface area contributed by atoms with E-state index in [9.17, 15) is 14.4 Å². The number of hydrogen-bond donors (Lipinski definition) is 2. The lowest BCUT2D eigenvalue weighted by Crippen LogP contribution is -2.51. The number of amides is 3. The normalized spacial score (nSPS) is 19.4. The molecule has 188 valence electrons. The van der Waals surface area contributed by atoms with Gasteiger partial charge in [-0.05, 0) is 61.4 Å². The molecule has 9 nitrogen and oxygen atoms in total. The molecule has 0 bridgehead atoms. The highest BCUT2D eigenvalue weighted by Crippen LogP contribution is 2.41. The number of anilines is 1. The molecule has 2 N–H and O–H groups in total. The van der Waals surface area contributed by atoms with Crippen molar-refractivity contribution in [2.75, 3.05) is 38.1 Å². The van der Waals surface area contributed by atoms with Crippen LogP contribution in [0.3, 0.4) is 0 Å². The van der Waals surface area contributed by atoms with E-state index in [4.69, 9.17) is 5.11 Å². The molecule has 10 heteroatoms. The number of nitrogens with zero attached hydrogens (tertiary/aromatic N) is 4. The van der Waals surface area contributed by atoms with Crippen LogP contribution < -0.4 is 5.32 Å². The number of carbonyl (C=O) groups is 3. The molecule has 0 saturated carbocycles. The largest absolute Gasteiger partial charge is 0.387 e. The second-order valence-corrected chi connectivity index (χ2v) is 10.3. The summed E-state index contributed by atoms with van der Waals surface area (Å²) in [6.07, 6.45) is 10.5. The number of aromatic nitrogens is 2. The van der Waals surface area contributed by atoms with Crippen LogP contribution in [-0.2, 0) is 20.8 Å². The molecular formula is C26H29N5O4S. The number of piperidine rings is 2. The summed E-state index contributed by atoms with van der Waals surface area (Å²) < 4.78 is 0. The molecule has 3 amide bonds. The smallest absolute Gasteiger partial charge is 0.248 e. The van der Waals surface area contributed by atoms with Crippen LogP contribution in [-0.4, -0.2) is 75.4 Å². The SMILES string of the molecule is O=C(/C=C/c1cnc2c(c1)CC1(CCN(C(=O)CO)CC1)C(=O)N2)N1CCC(=Cc2cscn2)CC1. The van der Waals surface area contributed by atoms with Gasteiger partial charge in [0, 0.05) is 43.8 Å². The van der Waals surface area contributed by atoms with Crippen molar-refractivity contribution in [3.8, 4) is 0 Å².